The maximum Gasteiger partial charge on any atom is 0.233 e. The fourth-order valence-corrected chi connectivity index (χ4v) is 0. The number of hydrogen-bond acceptors (Lipinski definition) is 1. The molecule has 1 radical (unpaired) electrons. The Bertz CT molecular complexity index is 20.9. The minimum Gasteiger partial charge on any atom is -0.371 e. The van der Waals surface area contributed by atoms with E-state index in [2.05, 4.69) is 6.58 Å². The Morgan fingerprint density at radius 3 is 2.00 bits per heavy atom. The van der Waals surface area contributed by atoms with Crippen LogP contribution in [0.3, 0.4) is 0 Å². The van der Waals surface area contributed by atoms with Crippen LogP contribution in [-0.2, 0) is 0 Å². The van der Waals surface area contributed by atoms with E-state index in [9.17, 15) is 0 Å². The summed E-state index contributed by atoms with van der Waals surface area (Å²) >= 11 is 0. The Labute approximate surface area is 34.1 Å². The Hall–Kier alpha value is -0.235. The van der Waals surface area contributed by atoms with Crippen LogP contribution in [0.5, 0.6) is 0 Å². The van der Waals surface area contributed by atoms with Gasteiger partial charge in [0.1, 0.15) is 0 Å². The molecular formula is C3H9BN. The summed E-state index contributed by atoms with van der Waals surface area (Å²) in [7, 11) is 1.39. The molecule has 0 amide bonds. The second kappa shape index (κ2) is 9.24. The second-order valence-corrected chi connectivity index (χ2v) is 0.428. The number of nitrogens with two attached hydrogens (primary N) is 1. The molecule has 0 aromatic heterocycles. The summed E-state index contributed by atoms with van der Waals surface area (Å²) in [5.41, 5.74) is 4.78. The van der Waals surface area contributed by atoms with Crippen molar-refractivity contribution in [2.24, 2.45) is 5.64 Å². The van der Waals surface area contributed by atoms with Crippen molar-refractivity contribution in [2.45, 2.75) is 7.43 Å². The molecular weight excluding hydrogens is 60.9 g/mol. The lowest BCUT2D eigenvalue weighted by molar-refractivity contribution is 1.93. The van der Waals surface area contributed by atoms with Crippen LogP contribution < -0.4 is 5.64 Å². The molecule has 0 rings (SSSR count). The van der Waals surface area contributed by atoms with Gasteiger partial charge < -0.3 is 5.64 Å². The van der Waals surface area contributed by atoms with Crippen molar-refractivity contribution < 1.29 is 0 Å². The van der Waals surface area contributed by atoms with Gasteiger partial charge in [0.2, 0.25) is 7.41 Å². The number of hydrogen-bond donors (Lipinski definition) is 1. The van der Waals surface area contributed by atoms with E-state index in [4.69, 9.17) is 5.64 Å². The molecule has 2 N–H and O–H groups in total. The molecule has 0 aliphatic rings. The van der Waals surface area contributed by atoms with E-state index in [-0.39, 0.29) is 7.43 Å². The molecule has 0 unspecified atom stereocenters. The lowest BCUT2D eigenvalue weighted by Crippen LogP contribution is -1.97. The maximum absolute atomic E-state index is 4.78. The molecule has 0 bridgehead atoms. The van der Waals surface area contributed by atoms with Gasteiger partial charge in [-0.05, 0) is 0 Å². The van der Waals surface area contributed by atoms with Crippen molar-refractivity contribution in [2.75, 3.05) is 0 Å². The molecule has 0 fully saturated rings. The molecule has 1 nitrogen and oxygen atoms in total. The molecule has 29 valence electrons. The van der Waals surface area contributed by atoms with Crippen LogP contribution in [0.2, 0.25) is 0 Å². The van der Waals surface area contributed by atoms with Gasteiger partial charge in [0.05, 0.1) is 0 Å². The van der Waals surface area contributed by atoms with Gasteiger partial charge in [-0.1, -0.05) is 7.43 Å². The molecule has 0 aliphatic carbocycles. The van der Waals surface area contributed by atoms with E-state index in [0.717, 1.165) is 0 Å². The third-order valence-corrected chi connectivity index (χ3v) is 0.136. The molecule has 0 aliphatic heterocycles. The first-order valence-electron chi connectivity index (χ1n) is 1.07. The minimum absolute atomic E-state index is 0. The van der Waals surface area contributed by atoms with Crippen LogP contribution in [0.1, 0.15) is 7.43 Å². The lowest BCUT2D eigenvalue weighted by atomic mass is 10.00. The summed E-state index contributed by atoms with van der Waals surface area (Å²) < 4.78 is 0. The fourth-order valence-electron chi connectivity index (χ4n) is 0. The van der Waals surface area contributed by atoms with Crippen molar-refractivity contribution in [1.29, 1.82) is 0 Å². The molecule has 0 aromatic carbocycles. The van der Waals surface area contributed by atoms with E-state index in [1.807, 2.05) is 0 Å². The van der Waals surface area contributed by atoms with Crippen LogP contribution in [0, 0.1) is 0 Å². The average molecular weight is 69.9 g/mol. The summed E-state index contributed by atoms with van der Waals surface area (Å²) in [5.74, 6) is 1.53. The fraction of sp³-hybridized carbons (Fsp3) is 0.333. The third-order valence-electron chi connectivity index (χ3n) is 0.136. The normalized spacial score (nSPS) is 4.20. The van der Waals surface area contributed by atoms with Crippen LogP contribution in [-0.4, -0.2) is 7.41 Å². The predicted octanol–water partition coefficient (Wildman–Crippen LogP) is 0.344. The van der Waals surface area contributed by atoms with Gasteiger partial charge in [-0.25, -0.2) is 0 Å². The SMILES string of the molecule is C.C=C[B]N. The van der Waals surface area contributed by atoms with Gasteiger partial charge >= 0.3 is 0 Å². The highest BCUT2D eigenvalue weighted by molar-refractivity contribution is 6.37. The standard InChI is InChI=1S/C2H5BN.CH4/c1-2-3-4;/h2H,1,4H2;1H4. The highest BCUT2D eigenvalue weighted by Gasteiger charge is 1.52. The summed E-state index contributed by atoms with van der Waals surface area (Å²) in [6.07, 6.45) is 0. The molecule has 2 heteroatoms. The maximum atomic E-state index is 4.78. The molecule has 5 heavy (non-hydrogen) atoms. The van der Waals surface area contributed by atoms with Crippen molar-refractivity contribution >= 4 is 7.41 Å². The zero-order valence-corrected chi connectivity index (χ0v) is 2.44. The predicted molar refractivity (Wildman–Crippen MR) is 26.9 cm³/mol. The zero-order chi connectivity index (χ0) is 3.41. The number of rotatable bonds is 1. The molecule has 0 saturated carbocycles. The lowest BCUT2D eigenvalue weighted by Gasteiger charge is -1.54. The quantitative estimate of drug-likeness (QED) is 0.442. The van der Waals surface area contributed by atoms with E-state index >= 15 is 0 Å². The zero-order valence-electron chi connectivity index (χ0n) is 2.44. The summed E-state index contributed by atoms with van der Waals surface area (Å²) in [6, 6.07) is 0. The Morgan fingerprint density at radius 1 is 1.80 bits per heavy atom. The van der Waals surface area contributed by atoms with Gasteiger partial charge in [0, 0.05) is 0 Å². The third kappa shape index (κ3) is 20.0. The molecule has 0 saturated heterocycles. The summed E-state index contributed by atoms with van der Waals surface area (Å²) in [4.78, 5) is 0. The Balaban J connectivity index is 0. The van der Waals surface area contributed by atoms with Crippen molar-refractivity contribution in [3.8, 4) is 0 Å². The van der Waals surface area contributed by atoms with E-state index in [0.29, 0.717) is 0 Å². The van der Waals surface area contributed by atoms with Crippen LogP contribution in [0.15, 0.2) is 12.6 Å². The van der Waals surface area contributed by atoms with Crippen molar-refractivity contribution in [3.05, 3.63) is 12.6 Å². The highest BCUT2D eigenvalue weighted by Crippen LogP contribution is 1.34. The topological polar surface area (TPSA) is 26.0 Å². The second-order valence-electron chi connectivity index (χ2n) is 0.428. The summed E-state index contributed by atoms with van der Waals surface area (Å²) in [6.45, 7) is 3.30. The highest BCUT2D eigenvalue weighted by atomic mass is 14.3. The van der Waals surface area contributed by atoms with Crippen LogP contribution in [0.4, 0.5) is 0 Å². The average Bonchev–Trinajstić information content (AvgIpc) is 1.37. The van der Waals surface area contributed by atoms with Gasteiger partial charge in [-0.3, -0.25) is 0 Å². The smallest absolute Gasteiger partial charge is 0.233 e. The van der Waals surface area contributed by atoms with E-state index < -0.39 is 0 Å². The van der Waals surface area contributed by atoms with E-state index in [1.165, 1.54) is 13.4 Å². The van der Waals surface area contributed by atoms with Gasteiger partial charge in [0.25, 0.3) is 0 Å². The molecule has 0 spiro atoms. The van der Waals surface area contributed by atoms with Gasteiger partial charge in [-0.15, -0.1) is 12.6 Å². The molecule has 0 heterocycles. The molecule has 0 atom stereocenters. The van der Waals surface area contributed by atoms with Crippen molar-refractivity contribution in [1.82, 2.24) is 0 Å². The van der Waals surface area contributed by atoms with Crippen LogP contribution >= 0.6 is 0 Å². The monoisotopic (exact) mass is 70.1 g/mol. The Kier molecular flexibility index (Phi) is 16.3. The van der Waals surface area contributed by atoms with Crippen molar-refractivity contribution in [3.63, 3.8) is 0 Å². The largest absolute Gasteiger partial charge is 0.371 e. The Morgan fingerprint density at radius 2 is 2.00 bits per heavy atom. The van der Waals surface area contributed by atoms with Gasteiger partial charge in [-0.2, -0.15) is 0 Å². The van der Waals surface area contributed by atoms with Crippen LogP contribution in [0.25, 0.3) is 0 Å². The first-order chi connectivity index (χ1) is 1.91. The summed E-state index contributed by atoms with van der Waals surface area (Å²) in [5, 5.41) is 0. The van der Waals surface area contributed by atoms with Gasteiger partial charge in [0.15, 0.2) is 0 Å². The molecule has 0 aromatic rings. The first kappa shape index (κ1) is 8.83. The first-order valence-corrected chi connectivity index (χ1v) is 1.07. The minimum atomic E-state index is 0. The van der Waals surface area contributed by atoms with E-state index in [1.54, 1.807) is 0 Å².